The lowest BCUT2D eigenvalue weighted by Crippen LogP contribution is -2.48. The minimum atomic E-state index is 0.0225. The monoisotopic (exact) mass is 351 g/mol. The summed E-state index contributed by atoms with van der Waals surface area (Å²) in [7, 11) is 0. The molecule has 1 aromatic rings. The van der Waals surface area contributed by atoms with Crippen molar-refractivity contribution in [2.24, 2.45) is 0 Å². The third kappa shape index (κ3) is 4.87. The molecule has 1 saturated heterocycles. The van der Waals surface area contributed by atoms with Crippen LogP contribution in [0.3, 0.4) is 0 Å². The number of carbonyl (C=O) groups is 2. The number of piperazine rings is 1. The molecule has 132 valence electrons. The summed E-state index contributed by atoms with van der Waals surface area (Å²) in [6.45, 7) is 6.47. The molecule has 0 spiro atoms. The number of nitrogens with zero attached hydrogens (tertiary/aromatic N) is 2. The molecule has 0 aliphatic carbocycles. The van der Waals surface area contributed by atoms with Crippen LogP contribution in [0.15, 0.2) is 18.2 Å². The Balaban J connectivity index is 2.07. The number of anilines is 2. The molecule has 0 atom stereocenters. The van der Waals surface area contributed by atoms with Crippen molar-refractivity contribution in [2.75, 3.05) is 36.4 Å². The summed E-state index contributed by atoms with van der Waals surface area (Å²) in [5, 5.41) is 3.62. The van der Waals surface area contributed by atoms with Crippen molar-refractivity contribution in [2.45, 2.75) is 39.5 Å². The minimum absolute atomic E-state index is 0.0225. The van der Waals surface area contributed by atoms with Crippen LogP contribution < -0.4 is 10.2 Å². The van der Waals surface area contributed by atoms with E-state index in [1.807, 2.05) is 23.1 Å². The van der Waals surface area contributed by atoms with Gasteiger partial charge in [0.05, 0.1) is 16.4 Å². The van der Waals surface area contributed by atoms with Gasteiger partial charge in [-0.3, -0.25) is 9.59 Å². The zero-order valence-corrected chi connectivity index (χ0v) is 15.2. The molecule has 6 heteroatoms. The van der Waals surface area contributed by atoms with Gasteiger partial charge in [0.1, 0.15) is 0 Å². The fraction of sp³-hybridized carbons (Fsp3) is 0.556. The molecule has 0 saturated carbocycles. The van der Waals surface area contributed by atoms with Crippen molar-refractivity contribution in [3.05, 3.63) is 23.2 Å². The minimum Gasteiger partial charge on any atom is -0.365 e. The maximum Gasteiger partial charge on any atom is 0.224 e. The van der Waals surface area contributed by atoms with E-state index in [4.69, 9.17) is 11.6 Å². The molecule has 0 unspecified atom stereocenters. The van der Waals surface area contributed by atoms with E-state index in [-0.39, 0.29) is 11.8 Å². The van der Waals surface area contributed by atoms with Crippen molar-refractivity contribution in [3.63, 3.8) is 0 Å². The molecule has 5 nitrogen and oxygen atoms in total. The Hall–Kier alpha value is -1.75. The Morgan fingerprint density at radius 3 is 2.50 bits per heavy atom. The second-order valence-electron chi connectivity index (χ2n) is 6.13. The van der Waals surface area contributed by atoms with Crippen LogP contribution in [-0.2, 0) is 9.59 Å². The highest BCUT2D eigenvalue weighted by Crippen LogP contribution is 2.34. The number of benzene rings is 1. The molecule has 0 aromatic heterocycles. The SMILES string of the molecule is CCCCCC(=O)Nc1cccc(Cl)c1N1CCN(C(C)=O)CC1. The Morgan fingerprint density at radius 2 is 1.88 bits per heavy atom. The first-order valence-electron chi connectivity index (χ1n) is 8.61. The molecular formula is C18H26ClN3O2. The molecule has 1 aliphatic rings. The van der Waals surface area contributed by atoms with E-state index in [1.165, 1.54) is 0 Å². The predicted octanol–water partition coefficient (Wildman–Crippen LogP) is 3.53. The predicted molar refractivity (Wildman–Crippen MR) is 98.7 cm³/mol. The Kier molecular flexibility index (Phi) is 6.91. The maximum atomic E-state index is 12.1. The van der Waals surface area contributed by atoms with Crippen LogP contribution in [0.4, 0.5) is 11.4 Å². The fourth-order valence-electron chi connectivity index (χ4n) is 2.93. The number of nitrogens with one attached hydrogen (secondary N) is 1. The van der Waals surface area contributed by atoms with Crippen LogP contribution in [0.1, 0.15) is 39.5 Å². The molecule has 1 aromatic carbocycles. The van der Waals surface area contributed by atoms with E-state index < -0.39 is 0 Å². The molecule has 0 bridgehead atoms. The first-order valence-corrected chi connectivity index (χ1v) is 8.99. The van der Waals surface area contributed by atoms with E-state index in [1.54, 1.807) is 6.92 Å². The van der Waals surface area contributed by atoms with E-state index >= 15 is 0 Å². The van der Waals surface area contributed by atoms with Gasteiger partial charge in [-0.15, -0.1) is 0 Å². The lowest BCUT2D eigenvalue weighted by atomic mass is 10.1. The number of halogens is 1. The number of para-hydroxylation sites is 1. The summed E-state index contributed by atoms with van der Waals surface area (Å²) in [5.74, 6) is 0.118. The number of unbranched alkanes of at least 4 members (excludes halogenated alkanes) is 2. The molecule has 24 heavy (non-hydrogen) atoms. The number of hydrogen-bond acceptors (Lipinski definition) is 3. The van der Waals surface area contributed by atoms with E-state index in [9.17, 15) is 9.59 Å². The summed E-state index contributed by atoms with van der Waals surface area (Å²) in [4.78, 5) is 27.6. The van der Waals surface area contributed by atoms with E-state index in [0.29, 0.717) is 37.6 Å². The Labute approximate surface area is 149 Å². The smallest absolute Gasteiger partial charge is 0.224 e. The van der Waals surface area contributed by atoms with Crippen molar-refractivity contribution in [1.29, 1.82) is 0 Å². The topological polar surface area (TPSA) is 52.7 Å². The standard InChI is InChI=1S/C18H26ClN3O2/c1-3-4-5-9-17(24)20-16-8-6-7-15(19)18(16)22-12-10-21(11-13-22)14(2)23/h6-8H,3-5,9-13H2,1-2H3,(H,20,24). The van der Waals surface area contributed by atoms with Gasteiger partial charge in [0.15, 0.2) is 0 Å². The normalized spacial score (nSPS) is 14.6. The summed E-state index contributed by atoms with van der Waals surface area (Å²) in [5.41, 5.74) is 1.60. The summed E-state index contributed by atoms with van der Waals surface area (Å²) in [6.07, 6.45) is 3.58. The van der Waals surface area contributed by atoms with E-state index in [2.05, 4.69) is 17.1 Å². The summed E-state index contributed by atoms with van der Waals surface area (Å²) in [6, 6.07) is 5.57. The molecule has 2 rings (SSSR count). The van der Waals surface area contributed by atoms with Crippen molar-refractivity contribution >= 4 is 34.8 Å². The molecule has 1 aliphatic heterocycles. The largest absolute Gasteiger partial charge is 0.365 e. The number of amides is 2. The van der Waals surface area contributed by atoms with Gasteiger partial charge < -0.3 is 15.1 Å². The van der Waals surface area contributed by atoms with Crippen LogP contribution in [0.2, 0.25) is 5.02 Å². The van der Waals surface area contributed by atoms with Crippen LogP contribution in [-0.4, -0.2) is 42.9 Å². The molecule has 0 radical (unpaired) electrons. The van der Waals surface area contributed by atoms with Gasteiger partial charge in [0.2, 0.25) is 11.8 Å². The lowest BCUT2D eigenvalue weighted by molar-refractivity contribution is -0.129. The molecule has 2 amide bonds. The van der Waals surface area contributed by atoms with Crippen LogP contribution in [0.5, 0.6) is 0 Å². The van der Waals surface area contributed by atoms with Gasteiger partial charge in [-0.25, -0.2) is 0 Å². The second-order valence-corrected chi connectivity index (χ2v) is 6.54. The number of carbonyl (C=O) groups excluding carboxylic acids is 2. The zero-order chi connectivity index (χ0) is 17.5. The highest BCUT2D eigenvalue weighted by atomic mass is 35.5. The van der Waals surface area contributed by atoms with Crippen LogP contribution in [0.25, 0.3) is 0 Å². The van der Waals surface area contributed by atoms with Gasteiger partial charge in [-0.1, -0.05) is 37.4 Å². The number of hydrogen-bond donors (Lipinski definition) is 1. The van der Waals surface area contributed by atoms with Gasteiger partial charge in [0, 0.05) is 39.5 Å². The van der Waals surface area contributed by atoms with Crippen molar-refractivity contribution in [1.82, 2.24) is 4.90 Å². The summed E-state index contributed by atoms with van der Waals surface area (Å²) < 4.78 is 0. The second kappa shape index (κ2) is 8.92. The van der Waals surface area contributed by atoms with Gasteiger partial charge >= 0.3 is 0 Å². The van der Waals surface area contributed by atoms with Gasteiger partial charge in [0.25, 0.3) is 0 Å². The first kappa shape index (κ1) is 18.6. The Morgan fingerprint density at radius 1 is 1.17 bits per heavy atom. The summed E-state index contributed by atoms with van der Waals surface area (Å²) >= 11 is 6.40. The molecule has 1 fully saturated rings. The highest BCUT2D eigenvalue weighted by Gasteiger charge is 2.23. The van der Waals surface area contributed by atoms with Crippen LogP contribution >= 0.6 is 11.6 Å². The molecular weight excluding hydrogens is 326 g/mol. The van der Waals surface area contributed by atoms with E-state index in [0.717, 1.165) is 30.6 Å². The average molecular weight is 352 g/mol. The van der Waals surface area contributed by atoms with Gasteiger partial charge in [-0.2, -0.15) is 0 Å². The van der Waals surface area contributed by atoms with Crippen molar-refractivity contribution < 1.29 is 9.59 Å². The third-order valence-electron chi connectivity index (χ3n) is 4.31. The highest BCUT2D eigenvalue weighted by molar-refractivity contribution is 6.34. The number of rotatable bonds is 6. The van der Waals surface area contributed by atoms with Crippen molar-refractivity contribution in [3.8, 4) is 0 Å². The first-order chi connectivity index (χ1) is 11.5. The van der Waals surface area contributed by atoms with Gasteiger partial charge in [-0.05, 0) is 18.6 Å². The average Bonchev–Trinajstić information content (AvgIpc) is 2.55. The quantitative estimate of drug-likeness (QED) is 0.798. The van der Waals surface area contributed by atoms with Crippen LogP contribution in [0, 0.1) is 0 Å². The lowest BCUT2D eigenvalue weighted by Gasteiger charge is -2.37. The molecule has 1 N–H and O–H groups in total. The molecule has 1 heterocycles. The zero-order valence-electron chi connectivity index (χ0n) is 14.5. The maximum absolute atomic E-state index is 12.1. The fourth-order valence-corrected chi connectivity index (χ4v) is 3.22. The Bertz CT molecular complexity index is 584. The third-order valence-corrected chi connectivity index (χ3v) is 4.61.